The number of hydrogen-bond donors (Lipinski definition) is 2. The highest BCUT2D eigenvalue weighted by molar-refractivity contribution is 7.89. The third-order valence-electron chi connectivity index (χ3n) is 4.87. The second kappa shape index (κ2) is 7.88. The Bertz CT molecular complexity index is 1470. The number of aromatic nitrogens is 4. The number of nitrogens with zero attached hydrogens (tertiary/aromatic N) is 3. The van der Waals surface area contributed by atoms with Crippen molar-refractivity contribution in [3.05, 3.63) is 65.0 Å². The lowest BCUT2D eigenvalue weighted by molar-refractivity contribution is 0.292. The number of ether oxygens (including phenoxy) is 1. The van der Waals surface area contributed by atoms with Crippen LogP contribution in [0.3, 0.4) is 0 Å². The summed E-state index contributed by atoms with van der Waals surface area (Å²) in [6.07, 6.45) is 2.09. The smallest absolute Gasteiger partial charge is 0.240 e. The van der Waals surface area contributed by atoms with Gasteiger partial charge in [-0.05, 0) is 32.0 Å². The molecule has 0 unspecified atom stereocenters. The van der Waals surface area contributed by atoms with Gasteiger partial charge in [0.05, 0.1) is 29.3 Å². The van der Waals surface area contributed by atoms with E-state index in [2.05, 4.69) is 20.2 Å². The van der Waals surface area contributed by atoms with Crippen molar-refractivity contribution in [3.63, 3.8) is 0 Å². The summed E-state index contributed by atoms with van der Waals surface area (Å²) in [7, 11) is -4.46. The second-order valence-corrected chi connectivity index (χ2v) is 8.49. The monoisotopic (exact) mass is 463 g/mol. The normalized spacial score (nSPS) is 11.8. The lowest BCUT2D eigenvalue weighted by Gasteiger charge is -2.15. The number of aromatic amines is 1. The Hall–Kier alpha value is -3.51. The van der Waals surface area contributed by atoms with E-state index in [4.69, 9.17) is 9.88 Å². The molecule has 4 aromatic rings. The summed E-state index contributed by atoms with van der Waals surface area (Å²) < 4.78 is 73.8. The van der Waals surface area contributed by atoms with E-state index >= 15 is 4.39 Å². The Balaban J connectivity index is 1.77. The van der Waals surface area contributed by atoms with Gasteiger partial charge in [-0.3, -0.25) is 10.1 Å². The van der Waals surface area contributed by atoms with Gasteiger partial charge >= 0.3 is 0 Å². The number of halogens is 3. The molecule has 0 fully saturated rings. The number of pyridine rings is 2. The highest BCUT2D eigenvalue weighted by atomic mass is 32.2. The minimum Gasteiger partial charge on any atom is -0.487 e. The summed E-state index contributed by atoms with van der Waals surface area (Å²) in [4.78, 5) is 7.07. The van der Waals surface area contributed by atoms with Crippen molar-refractivity contribution >= 4 is 21.1 Å². The van der Waals surface area contributed by atoms with E-state index < -0.39 is 55.7 Å². The molecule has 0 aliphatic carbocycles. The van der Waals surface area contributed by atoms with E-state index in [-0.39, 0.29) is 11.4 Å². The molecule has 3 aromatic heterocycles. The van der Waals surface area contributed by atoms with Crippen LogP contribution in [-0.2, 0) is 16.6 Å². The molecule has 0 spiro atoms. The zero-order chi connectivity index (χ0) is 23.2. The maximum Gasteiger partial charge on any atom is 0.240 e. The molecule has 0 saturated heterocycles. The lowest BCUT2D eigenvalue weighted by Crippen LogP contribution is -2.17. The Labute approximate surface area is 180 Å². The number of fused-ring (bicyclic) bond motifs is 1. The number of sulfonamides is 1. The molecular weight excluding hydrogens is 447 g/mol. The van der Waals surface area contributed by atoms with E-state index in [0.29, 0.717) is 16.7 Å². The predicted molar refractivity (Wildman–Crippen MR) is 109 cm³/mol. The number of benzene rings is 1. The van der Waals surface area contributed by atoms with Gasteiger partial charge in [-0.25, -0.2) is 31.7 Å². The molecule has 8 nitrogen and oxygen atoms in total. The van der Waals surface area contributed by atoms with Gasteiger partial charge in [-0.2, -0.15) is 5.10 Å². The van der Waals surface area contributed by atoms with Crippen LogP contribution >= 0.6 is 0 Å². The number of aryl methyl sites for hydroxylation is 2. The summed E-state index contributed by atoms with van der Waals surface area (Å²) in [5.41, 5.74) is -0.585. The molecule has 0 radical (unpaired) electrons. The van der Waals surface area contributed by atoms with Crippen molar-refractivity contribution in [1.82, 2.24) is 20.2 Å². The minimum absolute atomic E-state index is 0.125. The summed E-state index contributed by atoms with van der Waals surface area (Å²) >= 11 is 0. The van der Waals surface area contributed by atoms with Gasteiger partial charge in [0, 0.05) is 16.5 Å². The molecule has 0 aliphatic heterocycles. The Morgan fingerprint density at radius 3 is 2.53 bits per heavy atom. The minimum atomic E-state index is -4.46. The first kappa shape index (κ1) is 21.7. The van der Waals surface area contributed by atoms with E-state index in [0.717, 1.165) is 18.3 Å². The van der Waals surface area contributed by atoms with Crippen molar-refractivity contribution in [2.24, 2.45) is 5.14 Å². The highest BCUT2D eigenvalue weighted by Gasteiger charge is 2.27. The molecule has 1 aromatic carbocycles. The summed E-state index contributed by atoms with van der Waals surface area (Å²) in [5, 5.41) is 12.6. The van der Waals surface area contributed by atoms with Crippen LogP contribution in [0, 0.1) is 31.3 Å². The number of hydrogen-bond acceptors (Lipinski definition) is 6. The van der Waals surface area contributed by atoms with E-state index in [1.165, 1.54) is 13.1 Å². The molecule has 0 aliphatic rings. The van der Waals surface area contributed by atoms with Gasteiger partial charge in [0.1, 0.15) is 28.9 Å². The number of nitrogens with one attached hydrogen (secondary N) is 1. The Morgan fingerprint density at radius 2 is 1.81 bits per heavy atom. The van der Waals surface area contributed by atoms with Crippen LogP contribution in [0.1, 0.15) is 17.0 Å². The molecule has 166 valence electrons. The van der Waals surface area contributed by atoms with Crippen molar-refractivity contribution in [2.45, 2.75) is 25.3 Å². The predicted octanol–water partition coefficient (Wildman–Crippen LogP) is 3.28. The second-order valence-electron chi connectivity index (χ2n) is 6.99. The van der Waals surface area contributed by atoms with Crippen molar-refractivity contribution in [3.8, 4) is 16.9 Å². The van der Waals surface area contributed by atoms with Gasteiger partial charge in [0.25, 0.3) is 0 Å². The van der Waals surface area contributed by atoms with Crippen LogP contribution in [0.25, 0.3) is 22.2 Å². The summed E-state index contributed by atoms with van der Waals surface area (Å²) in [6.45, 7) is 2.47. The van der Waals surface area contributed by atoms with E-state index in [1.54, 1.807) is 13.0 Å². The molecule has 0 amide bonds. The average molecular weight is 463 g/mol. The van der Waals surface area contributed by atoms with Gasteiger partial charge < -0.3 is 4.74 Å². The fourth-order valence-electron chi connectivity index (χ4n) is 3.33. The summed E-state index contributed by atoms with van der Waals surface area (Å²) in [6, 6.07) is 3.43. The maximum absolute atomic E-state index is 15.3. The van der Waals surface area contributed by atoms with Crippen molar-refractivity contribution in [2.75, 3.05) is 0 Å². The first-order chi connectivity index (χ1) is 15.1. The number of rotatable bonds is 5. The maximum atomic E-state index is 15.3. The number of primary sulfonamides is 1. The van der Waals surface area contributed by atoms with Gasteiger partial charge in [0.2, 0.25) is 10.0 Å². The van der Waals surface area contributed by atoms with E-state index in [1.807, 2.05) is 0 Å². The third-order valence-corrected chi connectivity index (χ3v) is 5.94. The Morgan fingerprint density at radius 1 is 1.06 bits per heavy atom. The summed E-state index contributed by atoms with van der Waals surface area (Å²) in [5.74, 6) is -3.04. The van der Waals surface area contributed by atoms with Crippen LogP contribution in [0.2, 0.25) is 0 Å². The SMILES string of the molecule is Cc1ncc(F)c(-c2ccc(F)c(COc3cnc4[nH]nc(C)c4c3)c2F)c1S(N)(=O)=O. The van der Waals surface area contributed by atoms with Gasteiger partial charge in [-0.15, -0.1) is 0 Å². The van der Waals surface area contributed by atoms with Gasteiger partial charge in [-0.1, -0.05) is 0 Å². The number of nitrogens with two attached hydrogens (primary N) is 1. The van der Waals surface area contributed by atoms with Crippen LogP contribution < -0.4 is 9.88 Å². The van der Waals surface area contributed by atoms with Crippen LogP contribution in [0.5, 0.6) is 5.75 Å². The topological polar surface area (TPSA) is 124 Å². The highest BCUT2D eigenvalue weighted by Crippen LogP contribution is 2.35. The fraction of sp³-hybridized carbons (Fsp3) is 0.150. The zero-order valence-electron chi connectivity index (χ0n) is 16.8. The molecular formula is C20H16F3N5O3S. The molecule has 0 saturated carbocycles. The third kappa shape index (κ3) is 3.78. The van der Waals surface area contributed by atoms with Crippen molar-refractivity contribution < 1.29 is 26.3 Å². The molecule has 12 heteroatoms. The molecule has 32 heavy (non-hydrogen) atoms. The largest absolute Gasteiger partial charge is 0.487 e. The fourth-order valence-corrected chi connectivity index (χ4v) is 4.29. The molecule has 0 atom stereocenters. The molecule has 3 N–H and O–H groups in total. The zero-order valence-corrected chi connectivity index (χ0v) is 17.6. The van der Waals surface area contributed by atoms with Crippen LogP contribution in [-0.4, -0.2) is 28.6 Å². The van der Waals surface area contributed by atoms with Crippen LogP contribution in [0.15, 0.2) is 35.5 Å². The lowest BCUT2D eigenvalue weighted by atomic mass is 10.0. The standard InChI is InChI=1S/C20H16F3N5O3S/c1-9-13-5-11(6-26-20(13)28-27-9)31-8-14-15(21)4-3-12(18(14)23)17-16(22)7-25-10(2)19(17)32(24,29)30/h3-7H,8H2,1-2H3,(H2,24,29,30)(H,26,27,28). The first-order valence-corrected chi connectivity index (χ1v) is 10.7. The van der Waals surface area contributed by atoms with E-state index in [9.17, 15) is 17.2 Å². The average Bonchev–Trinajstić information content (AvgIpc) is 3.09. The Kier molecular flexibility index (Phi) is 5.34. The quantitative estimate of drug-likeness (QED) is 0.468. The molecule has 4 rings (SSSR count). The first-order valence-electron chi connectivity index (χ1n) is 9.16. The van der Waals surface area contributed by atoms with Crippen LogP contribution in [0.4, 0.5) is 13.2 Å². The molecule has 0 bridgehead atoms. The number of H-pyrrole nitrogens is 1. The van der Waals surface area contributed by atoms with Gasteiger partial charge in [0.15, 0.2) is 11.5 Å². The van der Waals surface area contributed by atoms with Crippen molar-refractivity contribution in [1.29, 1.82) is 0 Å². The molecule has 3 heterocycles.